The number of benzene rings is 1. The molecular formula is C15H18ClN5O. The number of halogens is 1. The molecule has 2 rings (SSSR count). The lowest BCUT2D eigenvalue weighted by molar-refractivity contribution is -0.121. The van der Waals surface area contributed by atoms with Gasteiger partial charge in [-0.3, -0.25) is 9.48 Å². The summed E-state index contributed by atoms with van der Waals surface area (Å²) in [6.45, 7) is 3.63. The monoisotopic (exact) mass is 319 g/mol. The maximum absolute atomic E-state index is 12.0. The van der Waals surface area contributed by atoms with Crippen molar-refractivity contribution >= 4 is 29.4 Å². The first-order chi connectivity index (χ1) is 10.5. The van der Waals surface area contributed by atoms with Gasteiger partial charge in [-0.15, -0.1) is 0 Å². The van der Waals surface area contributed by atoms with Gasteiger partial charge in [-0.2, -0.15) is 10.2 Å². The first-order valence-electron chi connectivity index (χ1n) is 6.81. The number of carbonyl (C=O) groups is 1. The molecule has 0 aliphatic carbocycles. The maximum Gasteiger partial charge on any atom is 0.262 e. The molecule has 0 spiro atoms. The topological polar surface area (TPSA) is 71.3 Å². The van der Waals surface area contributed by atoms with E-state index in [9.17, 15) is 4.79 Å². The van der Waals surface area contributed by atoms with Gasteiger partial charge in [0.05, 0.1) is 11.9 Å². The molecule has 1 amide bonds. The van der Waals surface area contributed by atoms with Gasteiger partial charge < -0.3 is 5.32 Å². The molecule has 0 saturated carbocycles. The summed E-state index contributed by atoms with van der Waals surface area (Å²) < 4.78 is 1.70. The van der Waals surface area contributed by atoms with Crippen LogP contribution in [0, 0.1) is 6.92 Å². The van der Waals surface area contributed by atoms with Crippen molar-refractivity contribution < 1.29 is 4.79 Å². The second-order valence-electron chi connectivity index (χ2n) is 4.95. The Labute approximate surface area is 134 Å². The van der Waals surface area contributed by atoms with Crippen LogP contribution in [0.25, 0.3) is 0 Å². The Hall–Kier alpha value is -2.34. The molecule has 22 heavy (non-hydrogen) atoms. The lowest BCUT2D eigenvalue weighted by Gasteiger charge is -2.13. The van der Waals surface area contributed by atoms with E-state index in [1.54, 1.807) is 30.0 Å². The second kappa shape index (κ2) is 7.09. The summed E-state index contributed by atoms with van der Waals surface area (Å²) in [5.41, 5.74) is 4.99. The zero-order valence-corrected chi connectivity index (χ0v) is 13.4. The van der Waals surface area contributed by atoms with Crippen molar-refractivity contribution in [2.45, 2.75) is 19.9 Å². The third-order valence-electron chi connectivity index (χ3n) is 3.03. The zero-order chi connectivity index (χ0) is 16.1. The summed E-state index contributed by atoms with van der Waals surface area (Å²) in [6, 6.07) is 6.76. The minimum Gasteiger partial charge on any atom is -0.374 e. The van der Waals surface area contributed by atoms with Crippen LogP contribution in [0.1, 0.15) is 18.2 Å². The highest BCUT2D eigenvalue weighted by Crippen LogP contribution is 2.15. The molecule has 0 aliphatic heterocycles. The van der Waals surface area contributed by atoms with Crippen LogP contribution < -0.4 is 10.7 Å². The third kappa shape index (κ3) is 4.33. The van der Waals surface area contributed by atoms with E-state index >= 15 is 0 Å². The molecular weight excluding hydrogens is 302 g/mol. The highest BCUT2D eigenvalue weighted by atomic mass is 35.5. The van der Waals surface area contributed by atoms with Crippen LogP contribution in [0.5, 0.6) is 0 Å². The summed E-state index contributed by atoms with van der Waals surface area (Å²) in [6.07, 6.45) is 3.41. The molecule has 1 atom stereocenters. The van der Waals surface area contributed by atoms with E-state index in [2.05, 4.69) is 20.9 Å². The molecule has 0 bridgehead atoms. The lowest BCUT2D eigenvalue weighted by atomic mass is 10.2. The fraction of sp³-hybridized carbons (Fsp3) is 0.267. The van der Waals surface area contributed by atoms with E-state index < -0.39 is 6.04 Å². The average molecular weight is 320 g/mol. The Kier molecular flexibility index (Phi) is 5.16. The molecule has 0 aliphatic rings. The Balaban J connectivity index is 1.90. The Morgan fingerprint density at radius 3 is 2.91 bits per heavy atom. The van der Waals surface area contributed by atoms with Gasteiger partial charge in [0.1, 0.15) is 6.04 Å². The van der Waals surface area contributed by atoms with E-state index in [0.717, 1.165) is 16.9 Å². The van der Waals surface area contributed by atoms with Crippen LogP contribution in [-0.4, -0.2) is 27.9 Å². The van der Waals surface area contributed by atoms with Crippen molar-refractivity contribution in [2.24, 2.45) is 12.1 Å². The van der Waals surface area contributed by atoms with Crippen LogP contribution >= 0.6 is 11.6 Å². The van der Waals surface area contributed by atoms with E-state index in [4.69, 9.17) is 11.6 Å². The van der Waals surface area contributed by atoms with E-state index in [1.165, 1.54) is 0 Å². The van der Waals surface area contributed by atoms with Crippen molar-refractivity contribution in [2.75, 3.05) is 5.32 Å². The first-order valence-corrected chi connectivity index (χ1v) is 7.19. The van der Waals surface area contributed by atoms with Gasteiger partial charge in [0.15, 0.2) is 0 Å². The minimum absolute atomic E-state index is 0.238. The SMILES string of the molecule is Cc1nn(C)cc1/C=N/NC(=O)C(C)Nc1cccc(Cl)c1. The Morgan fingerprint density at radius 2 is 2.27 bits per heavy atom. The highest BCUT2D eigenvalue weighted by molar-refractivity contribution is 6.30. The Morgan fingerprint density at radius 1 is 1.50 bits per heavy atom. The fourth-order valence-electron chi connectivity index (χ4n) is 1.90. The number of aromatic nitrogens is 2. The van der Waals surface area contributed by atoms with Gasteiger partial charge in [0.25, 0.3) is 5.91 Å². The lowest BCUT2D eigenvalue weighted by Crippen LogP contribution is -2.34. The molecule has 0 fully saturated rings. The first kappa shape index (κ1) is 16.0. The number of hydrogen-bond acceptors (Lipinski definition) is 4. The zero-order valence-electron chi connectivity index (χ0n) is 12.7. The van der Waals surface area contributed by atoms with Crippen LogP contribution in [0.3, 0.4) is 0 Å². The number of rotatable bonds is 5. The van der Waals surface area contributed by atoms with Crippen molar-refractivity contribution in [3.8, 4) is 0 Å². The van der Waals surface area contributed by atoms with Gasteiger partial charge in [-0.25, -0.2) is 5.43 Å². The number of anilines is 1. The Bertz CT molecular complexity index is 695. The van der Waals surface area contributed by atoms with E-state index in [0.29, 0.717) is 5.02 Å². The summed E-state index contributed by atoms with van der Waals surface area (Å²) in [7, 11) is 1.83. The number of hydrogen-bond donors (Lipinski definition) is 2. The molecule has 2 aromatic rings. The third-order valence-corrected chi connectivity index (χ3v) is 3.27. The van der Waals surface area contributed by atoms with Gasteiger partial charge in [-0.1, -0.05) is 17.7 Å². The number of aryl methyl sites for hydroxylation is 2. The van der Waals surface area contributed by atoms with Crippen molar-refractivity contribution in [1.29, 1.82) is 0 Å². The normalized spacial score (nSPS) is 12.4. The van der Waals surface area contributed by atoms with Crippen molar-refractivity contribution in [1.82, 2.24) is 15.2 Å². The molecule has 2 N–H and O–H groups in total. The number of nitrogens with zero attached hydrogens (tertiary/aromatic N) is 3. The molecule has 0 saturated heterocycles. The van der Waals surface area contributed by atoms with Crippen LogP contribution in [0.4, 0.5) is 5.69 Å². The van der Waals surface area contributed by atoms with Gasteiger partial charge >= 0.3 is 0 Å². The number of nitrogens with one attached hydrogen (secondary N) is 2. The summed E-state index contributed by atoms with van der Waals surface area (Å²) in [4.78, 5) is 12.0. The standard InChI is InChI=1S/C15H18ClN5O/c1-10-12(9-21(3)20-10)8-17-19-15(22)11(2)18-14-6-4-5-13(16)7-14/h4-9,11,18H,1-3H3,(H,19,22)/b17-8+. The van der Waals surface area contributed by atoms with Crippen molar-refractivity contribution in [3.05, 3.63) is 46.7 Å². The summed E-state index contributed by atoms with van der Waals surface area (Å²) >= 11 is 5.90. The van der Waals surface area contributed by atoms with E-state index in [-0.39, 0.29) is 5.91 Å². The predicted molar refractivity (Wildman–Crippen MR) is 88.2 cm³/mol. The fourth-order valence-corrected chi connectivity index (χ4v) is 2.09. The molecule has 1 heterocycles. The van der Waals surface area contributed by atoms with Crippen LogP contribution in [0.2, 0.25) is 5.02 Å². The van der Waals surface area contributed by atoms with E-state index in [1.807, 2.05) is 32.3 Å². The predicted octanol–water partition coefficient (Wildman–Crippen LogP) is 2.33. The molecule has 116 valence electrons. The molecule has 1 unspecified atom stereocenters. The van der Waals surface area contributed by atoms with Crippen LogP contribution in [-0.2, 0) is 11.8 Å². The number of hydrazone groups is 1. The number of carbonyl (C=O) groups excluding carboxylic acids is 1. The van der Waals surface area contributed by atoms with Gasteiger partial charge in [0, 0.05) is 29.5 Å². The highest BCUT2D eigenvalue weighted by Gasteiger charge is 2.11. The number of amides is 1. The van der Waals surface area contributed by atoms with Crippen molar-refractivity contribution in [3.63, 3.8) is 0 Å². The molecule has 6 nitrogen and oxygen atoms in total. The average Bonchev–Trinajstić information content (AvgIpc) is 2.77. The largest absolute Gasteiger partial charge is 0.374 e. The molecule has 7 heteroatoms. The smallest absolute Gasteiger partial charge is 0.262 e. The van der Waals surface area contributed by atoms with Gasteiger partial charge in [0.2, 0.25) is 0 Å². The quantitative estimate of drug-likeness (QED) is 0.656. The second-order valence-corrected chi connectivity index (χ2v) is 5.39. The minimum atomic E-state index is -0.439. The molecule has 1 aromatic carbocycles. The molecule has 1 aromatic heterocycles. The van der Waals surface area contributed by atoms with Crippen LogP contribution in [0.15, 0.2) is 35.6 Å². The van der Waals surface area contributed by atoms with Gasteiger partial charge in [-0.05, 0) is 32.0 Å². The molecule has 0 radical (unpaired) electrons. The summed E-state index contributed by atoms with van der Waals surface area (Å²) in [5, 5.41) is 11.8. The maximum atomic E-state index is 12.0. The summed E-state index contributed by atoms with van der Waals surface area (Å²) in [5.74, 6) is -0.238.